The van der Waals surface area contributed by atoms with Gasteiger partial charge in [-0.25, -0.2) is 19.2 Å². The normalized spacial score (nSPS) is 17.1. The molecule has 2 aromatic heterocycles. The number of pyridine rings is 1. The number of carbonyl (C=O) groups is 2. The third-order valence-corrected chi connectivity index (χ3v) is 6.90. The van der Waals surface area contributed by atoms with Gasteiger partial charge in [0.05, 0.1) is 7.11 Å². The summed E-state index contributed by atoms with van der Waals surface area (Å²) in [6.07, 6.45) is 0.227. The predicted octanol–water partition coefficient (Wildman–Crippen LogP) is 4.09. The minimum absolute atomic E-state index is 0.147. The Balaban J connectivity index is 1.84. The van der Waals surface area contributed by atoms with Crippen LogP contribution in [-0.4, -0.2) is 71.1 Å². The monoisotopic (exact) mass is 551 g/mol. The SMILES string of the molecule is CON(C)C(=O)c1nc2c(C#N)c(C)c(-c3cccc(F)c3)c(N3CC[C@@](C)(CNC(=O)OC(C)(C)C)C3)n2n1. The summed E-state index contributed by atoms with van der Waals surface area (Å²) in [6, 6.07) is 8.32. The first-order chi connectivity index (χ1) is 18.8. The number of halogens is 1. The minimum Gasteiger partial charge on any atom is -0.444 e. The maximum Gasteiger partial charge on any atom is 0.407 e. The Kier molecular flexibility index (Phi) is 7.72. The van der Waals surface area contributed by atoms with Crippen molar-refractivity contribution >= 4 is 23.5 Å². The van der Waals surface area contributed by atoms with Crippen molar-refractivity contribution in [2.45, 2.75) is 46.6 Å². The molecule has 1 aromatic carbocycles. The first-order valence-corrected chi connectivity index (χ1v) is 12.9. The molecule has 0 bridgehead atoms. The van der Waals surface area contributed by atoms with E-state index in [1.807, 2.05) is 0 Å². The average Bonchev–Trinajstić information content (AvgIpc) is 3.49. The lowest BCUT2D eigenvalue weighted by Gasteiger charge is -2.29. The first-order valence-electron chi connectivity index (χ1n) is 12.9. The Bertz CT molecular complexity index is 1510. The van der Waals surface area contributed by atoms with Crippen molar-refractivity contribution in [3.63, 3.8) is 0 Å². The highest BCUT2D eigenvalue weighted by Gasteiger charge is 2.38. The summed E-state index contributed by atoms with van der Waals surface area (Å²) in [5.41, 5.74) is 1.24. The maximum atomic E-state index is 14.4. The number of hydrogen-bond donors (Lipinski definition) is 1. The van der Waals surface area contributed by atoms with E-state index in [0.29, 0.717) is 42.1 Å². The topological polar surface area (TPSA) is 125 Å². The number of nitrogens with zero attached hydrogens (tertiary/aromatic N) is 6. The summed E-state index contributed by atoms with van der Waals surface area (Å²) in [5.74, 6) is -0.583. The highest BCUT2D eigenvalue weighted by Crippen LogP contribution is 2.41. The second-order valence-electron chi connectivity index (χ2n) is 11.3. The van der Waals surface area contributed by atoms with Gasteiger partial charge in [0.25, 0.3) is 0 Å². The van der Waals surface area contributed by atoms with Crippen molar-refractivity contribution in [2.75, 3.05) is 38.7 Å². The van der Waals surface area contributed by atoms with Crippen LogP contribution in [0.2, 0.25) is 0 Å². The molecule has 0 saturated carbocycles. The van der Waals surface area contributed by atoms with Gasteiger partial charge in [-0.15, -0.1) is 5.10 Å². The Labute approximate surface area is 232 Å². The standard InChI is InChI=1S/C28H34FN7O4/c1-17-20(14-30)23-32-22(25(37)34(6)39-7)33-36(23)24(21(17)18-9-8-10-19(29)13-18)35-12-11-28(5,16-35)15-31-26(38)40-27(2,3)4/h8-10,13H,11-12,15-16H2,1-7H3,(H,31,38)/t28-/m0/s1. The zero-order chi connectivity index (χ0) is 29.4. The van der Waals surface area contributed by atoms with Crippen LogP contribution in [0, 0.1) is 29.5 Å². The van der Waals surface area contributed by atoms with E-state index >= 15 is 0 Å². The van der Waals surface area contributed by atoms with E-state index in [2.05, 4.69) is 33.3 Å². The molecule has 0 unspecified atom stereocenters. The lowest BCUT2D eigenvalue weighted by molar-refractivity contribution is -0.0764. The predicted molar refractivity (Wildman–Crippen MR) is 146 cm³/mol. The van der Waals surface area contributed by atoms with Gasteiger partial charge in [-0.2, -0.15) is 9.78 Å². The van der Waals surface area contributed by atoms with Gasteiger partial charge in [0, 0.05) is 37.7 Å². The second kappa shape index (κ2) is 10.7. The molecule has 40 heavy (non-hydrogen) atoms. The molecule has 11 nitrogen and oxygen atoms in total. The van der Waals surface area contributed by atoms with Crippen LogP contribution in [0.15, 0.2) is 24.3 Å². The van der Waals surface area contributed by atoms with E-state index in [1.54, 1.807) is 39.8 Å². The molecule has 0 aliphatic carbocycles. The van der Waals surface area contributed by atoms with Crippen LogP contribution in [0.5, 0.6) is 0 Å². The van der Waals surface area contributed by atoms with E-state index in [1.165, 1.54) is 30.8 Å². The highest BCUT2D eigenvalue weighted by molar-refractivity contribution is 5.91. The number of nitrogens with one attached hydrogen (secondary N) is 1. The lowest BCUT2D eigenvalue weighted by atomic mass is 9.90. The van der Waals surface area contributed by atoms with Crippen molar-refractivity contribution in [3.8, 4) is 17.2 Å². The number of alkyl carbamates (subject to hydrolysis) is 1. The van der Waals surface area contributed by atoms with Gasteiger partial charge in [-0.1, -0.05) is 19.1 Å². The molecule has 2 amide bonds. The number of fused-ring (bicyclic) bond motifs is 1. The van der Waals surface area contributed by atoms with E-state index in [-0.39, 0.29) is 22.5 Å². The van der Waals surface area contributed by atoms with E-state index < -0.39 is 23.4 Å². The number of amides is 2. The fourth-order valence-corrected chi connectivity index (χ4v) is 4.87. The molecule has 0 spiro atoms. The van der Waals surface area contributed by atoms with Crippen molar-refractivity contribution < 1.29 is 23.6 Å². The van der Waals surface area contributed by atoms with Crippen molar-refractivity contribution in [1.82, 2.24) is 25.0 Å². The smallest absolute Gasteiger partial charge is 0.407 e. The highest BCUT2D eigenvalue weighted by atomic mass is 19.1. The largest absolute Gasteiger partial charge is 0.444 e. The molecule has 1 aliphatic heterocycles. The molecule has 3 aromatic rings. The molecule has 12 heteroatoms. The number of carbonyl (C=O) groups excluding carboxylic acids is 2. The molecule has 4 rings (SSSR count). The second-order valence-corrected chi connectivity index (χ2v) is 11.3. The van der Waals surface area contributed by atoms with Gasteiger partial charge in [0.2, 0.25) is 5.82 Å². The zero-order valence-electron chi connectivity index (χ0n) is 23.8. The van der Waals surface area contributed by atoms with Crippen LogP contribution in [0.1, 0.15) is 55.9 Å². The molecule has 0 radical (unpaired) electrons. The Morgan fingerprint density at radius 3 is 2.67 bits per heavy atom. The molecular formula is C28H34FN7O4. The molecule has 3 heterocycles. The van der Waals surface area contributed by atoms with E-state index in [4.69, 9.17) is 9.57 Å². The van der Waals surface area contributed by atoms with Gasteiger partial charge in [-0.05, 0) is 57.4 Å². The number of anilines is 1. The Hall–Kier alpha value is -4.24. The fourth-order valence-electron chi connectivity index (χ4n) is 4.87. The molecule has 1 aliphatic rings. The number of hydroxylamine groups is 2. The van der Waals surface area contributed by atoms with E-state index in [9.17, 15) is 19.2 Å². The van der Waals surface area contributed by atoms with Crippen LogP contribution in [-0.2, 0) is 9.57 Å². The number of rotatable bonds is 6. The summed E-state index contributed by atoms with van der Waals surface area (Å²) >= 11 is 0. The third kappa shape index (κ3) is 5.70. The van der Waals surface area contributed by atoms with Gasteiger partial charge < -0.3 is 15.0 Å². The van der Waals surface area contributed by atoms with Crippen molar-refractivity contribution in [1.29, 1.82) is 5.26 Å². The van der Waals surface area contributed by atoms with Crippen LogP contribution >= 0.6 is 0 Å². The third-order valence-electron chi connectivity index (χ3n) is 6.90. The summed E-state index contributed by atoms with van der Waals surface area (Å²) in [4.78, 5) is 36.7. The maximum absolute atomic E-state index is 14.4. The fraction of sp³-hybridized carbons (Fsp3) is 0.464. The van der Waals surface area contributed by atoms with E-state index in [0.717, 1.165) is 11.5 Å². The van der Waals surface area contributed by atoms with Gasteiger partial charge in [0.15, 0.2) is 5.65 Å². The quantitative estimate of drug-likeness (QED) is 0.454. The Morgan fingerprint density at radius 1 is 1.32 bits per heavy atom. The van der Waals surface area contributed by atoms with Crippen LogP contribution in [0.3, 0.4) is 0 Å². The molecular weight excluding hydrogens is 517 g/mol. The van der Waals surface area contributed by atoms with Crippen LogP contribution < -0.4 is 10.2 Å². The lowest BCUT2D eigenvalue weighted by Crippen LogP contribution is -2.40. The first kappa shape index (κ1) is 28.8. The van der Waals surface area contributed by atoms with Gasteiger partial charge >= 0.3 is 12.0 Å². The average molecular weight is 552 g/mol. The summed E-state index contributed by atoms with van der Waals surface area (Å²) < 4.78 is 21.3. The van der Waals surface area contributed by atoms with Gasteiger partial charge in [0.1, 0.15) is 28.9 Å². The van der Waals surface area contributed by atoms with Gasteiger partial charge in [-0.3, -0.25) is 9.63 Å². The molecule has 1 N–H and O–H groups in total. The number of nitriles is 1. The minimum atomic E-state index is -0.614. The number of hydrogen-bond acceptors (Lipinski definition) is 8. The molecule has 1 atom stereocenters. The molecule has 212 valence electrons. The zero-order valence-corrected chi connectivity index (χ0v) is 23.8. The number of benzene rings is 1. The summed E-state index contributed by atoms with van der Waals surface area (Å²) in [5, 5.41) is 18.5. The van der Waals surface area contributed by atoms with Crippen molar-refractivity contribution in [3.05, 3.63) is 47.0 Å². The number of ether oxygens (including phenoxy) is 1. The number of aromatic nitrogens is 3. The van der Waals surface area contributed by atoms with Crippen molar-refractivity contribution in [2.24, 2.45) is 5.41 Å². The van der Waals surface area contributed by atoms with Crippen LogP contribution in [0.25, 0.3) is 16.8 Å². The molecule has 1 saturated heterocycles. The summed E-state index contributed by atoms with van der Waals surface area (Å²) in [6.45, 7) is 10.7. The summed E-state index contributed by atoms with van der Waals surface area (Å²) in [7, 11) is 2.79. The molecule has 1 fully saturated rings. The van der Waals surface area contributed by atoms with Crippen LogP contribution in [0.4, 0.5) is 15.0 Å². The Morgan fingerprint density at radius 2 is 2.05 bits per heavy atom.